The normalized spacial score (nSPS) is 29.9. The third-order valence-corrected chi connectivity index (χ3v) is 5.48. The largest absolute Gasteiger partial charge is 0.310 e. The van der Waals surface area contributed by atoms with Gasteiger partial charge in [0.15, 0.2) is 0 Å². The maximum Gasteiger partial charge on any atom is 0.123 e. The standard InChI is InChI=1S/C18H26FN/c1-3-20-18(17-7-6-16(19)8-12(17)2)11-15-10-13-4-5-14(15)9-13/h6-8,13-15,18,20H,3-5,9-11H2,1-2H3. The Labute approximate surface area is 122 Å². The van der Waals surface area contributed by atoms with E-state index < -0.39 is 0 Å². The minimum atomic E-state index is -0.124. The third kappa shape index (κ3) is 2.76. The topological polar surface area (TPSA) is 12.0 Å². The van der Waals surface area contributed by atoms with Crippen molar-refractivity contribution in [1.82, 2.24) is 5.32 Å². The first-order chi connectivity index (χ1) is 9.67. The molecule has 2 fully saturated rings. The summed E-state index contributed by atoms with van der Waals surface area (Å²) in [5, 5.41) is 3.62. The van der Waals surface area contributed by atoms with Gasteiger partial charge in [0.05, 0.1) is 0 Å². The van der Waals surface area contributed by atoms with Crippen molar-refractivity contribution < 1.29 is 4.39 Å². The van der Waals surface area contributed by atoms with E-state index in [1.807, 2.05) is 13.0 Å². The number of nitrogens with one attached hydrogen (secondary N) is 1. The van der Waals surface area contributed by atoms with Gasteiger partial charge >= 0.3 is 0 Å². The molecule has 1 aromatic carbocycles. The Hall–Kier alpha value is -0.890. The van der Waals surface area contributed by atoms with Gasteiger partial charge in [0.25, 0.3) is 0 Å². The van der Waals surface area contributed by atoms with E-state index in [1.165, 1.54) is 37.7 Å². The molecule has 0 saturated heterocycles. The number of hydrogen-bond acceptors (Lipinski definition) is 1. The van der Waals surface area contributed by atoms with Gasteiger partial charge in [-0.1, -0.05) is 19.4 Å². The van der Waals surface area contributed by atoms with Crippen LogP contribution in [0.4, 0.5) is 4.39 Å². The molecule has 2 aliphatic carbocycles. The second-order valence-electron chi connectivity index (χ2n) is 6.78. The number of halogens is 1. The average Bonchev–Trinajstić information content (AvgIpc) is 3.00. The zero-order valence-corrected chi connectivity index (χ0v) is 12.7. The van der Waals surface area contributed by atoms with Gasteiger partial charge in [0.1, 0.15) is 5.82 Å². The molecule has 3 rings (SSSR count). The Balaban J connectivity index is 1.75. The Bertz CT molecular complexity index is 470. The molecular weight excluding hydrogens is 249 g/mol. The van der Waals surface area contributed by atoms with Crippen molar-refractivity contribution in [2.75, 3.05) is 6.54 Å². The fourth-order valence-electron chi connectivity index (χ4n) is 4.56. The Morgan fingerprint density at radius 1 is 1.30 bits per heavy atom. The monoisotopic (exact) mass is 275 g/mol. The highest BCUT2D eigenvalue weighted by atomic mass is 19.1. The molecule has 0 spiro atoms. The van der Waals surface area contributed by atoms with E-state index in [9.17, 15) is 4.39 Å². The van der Waals surface area contributed by atoms with Crippen LogP contribution in [0.15, 0.2) is 18.2 Å². The Morgan fingerprint density at radius 2 is 2.15 bits per heavy atom. The molecule has 0 aliphatic heterocycles. The lowest BCUT2D eigenvalue weighted by molar-refractivity contribution is 0.280. The number of benzene rings is 1. The van der Waals surface area contributed by atoms with Gasteiger partial charge in [0.2, 0.25) is 0 Å². The van der Waals surface area contributed by atoms with Crippen molar-refractivity contribution in [3.05, 3.63) is 35.1 Å². The second kappa shape index (κ2) is 5.85. The van der Waals surface area contributed by atoms with Crippen molar-refractivity contribution in [3.8, 4) is 0 Å². The van der Waals surface area contributed by atoms with E-state index in [4.69, 9.17) is 0 Å². The van der Waals surface area contributed by atoms with Gasteiger partial charge in [-0.2, -0.15) is 0 Å². The van der Waals surface area contributed by atoms with Crippen LogP contribution in [0.2, 0.25) is 0 Å². The molecule has 1 nitrogen and oxygen atoms in total. The van der Waals surface area contributed by atoms with E-state index in [0.717, 1.165) is 29.9 Å². The SMILES string of the molecule is CCNC(CC1CC2CCC1C2)c1ccc(F)cc1C. The summed E-state index contributed by atoms with van der Waals surface area (Å²) < 4.78 is 13.3. The molecule has 0 amide bonds. The number of fused-ring (bicyclic) bond motifs is 2. The fourth-order valence-corrected chi connectivity index (χ4v) is 4.56. The molecule has 20 heavy (non-hydrogen) atoms. The zero-order chi connectivity index (χ0) is 14.1. The second-order valence-corrected chi connectivity index (χ2v) is 6.78. The number of aryl methyl sites for hydroxylation is 1. The molecule has 2 heteroatoms. The van der Waals surface area contributed by atoms with Crippen LogP contribution >= 0.6 is 0 Å². The molecular formula is C18H26FN. The summed E-state index contributed by atoms with van der Waals surface area (Å²) in [6.07, 6.45) is 7.01. The predicted molar refractivity (Wildman–Crippen MR) is 81.1 cm³/mol. The summed E-state index contributed by atoms with van der Waals surface area (Å²) in [7, 11) is 0. The van der Waals surface area contributed by atoms with Gasteiger partial charge in [-0.05, 0) is 80.2 Å². The van der Waals surface area contributed by atoms with Crippen LogP contribution in [0.5, 0.6) is 0 Å². The zero-order valence-electron chi connectivity index (χ0n) is 12.7. The van der Waals surface area contributed by atoms with E-state index in [-0.39, 0.29) is 5.82 Å². The van der Waals surface area contributed by atoms with Crippen molar-refractivity contribution in [3.63, 3.8) is 0 Å². The van der Waals surface area contributed by atoms with Gasteiger partial charge < -0.3 is 5.32 Å². The van der Waals surface area contributed by atoms with Crippen LogP contribution in [0.3, 0.4) is 0 Å². The third-order valence-electron chi connectivity index (χ3n) is 5.48. The highest BCUT2D eigenvalue weighted by molar-refractivity contribution is 5.29. The van der Waals surface area contributed by atoms with Crippen LogP contribution in [-0.4, -0.2) is 6.54 Å². The van der Waals surface area contributed by atoms with Gasteiger partial charge in [0, 0.05) is 6.04 Å². The number of rotatable bonds is 5. The molecule has 0 aromatic heterocycles. The molecule has 4 unspecified atom stereocenters. The lowest BCUT2D eigenvalue weighted by Crippen LogP contribution is -2.26. The fraction of sp³-hybridized carbons (Fsp3) is 0.667. The van der Waals surface area contributed by atoms with Crippen LogP contribution in [0.1, 0.15) is 56.2 Å². The van der Waals surface area contributed by atoms with Crippen molar-refractivity contribution in [2.24, 2.45) is 17.8 Å². The van der Waals surface area contributed by atoms with E-state index >= 15 is 0 Å². The molecule has 2 saturated carbocycles. The van der Waals surface area contributed by atoms with E-state index in [0.29, 0.717) is 6.04 Å². The summed E-state index contributed by atoms with van der Waals surface area (Å²) in [5.41, 5.74) is 2.37. The minimum absolute atomic E-state index is 0.124. The van der Waals surface area contributed by atoms with Gasteiger partial charge in [-0.3, -0.25) is 0 Å². The highest BCUT2D eigenvalue weighted by Gasteiger charge is 2.40. The molecule has 0 radical (unpaired) electrons. The first-order valence-corrected chi connectivity index (χ1v) is 8.16. The first kappa shape index (κ1) is 14.1. The lowest BCUT2D eigenvalue weighted by atomic mass is 9.82. The Kier molecular flexibility index (Phi) is 4.11. The van der Waals surface area contributed by atoms with Crippen molar-refractivity contribution in [2.45, 2.75) is 52.0 Å². The molecule has 0 heterocycles. The molecule has 110 valence electrons. The van der Waals surface area contributed by atoms with Gasteiger partial charge in [-0.25, -0.2) is 4.39 Å². The summed E-state index contributed by atoms with van der Waals surface area (Å²) in [5.74, 6) is 2.71. The summed E-state index contributed by atoms with van der Waals surface area (Å²) in [6, 6.07) is 5.64. The summed E-state index contributed by atoms with van der Waals surface area (Å²) in [4.78, 5) is 0. The maximum absolute atomic E-state index is 13.3. The molecule has 2 aliphatic rings. The smallest absolute Gasteiger partial charge is 0.123 e. The number of hydrogen-bond donors (Lipinski definition) is 1. The molecule has 1 aromatic rings. The summed E-state index contributed by atoms with van der Waals surface area (Å²) >= 11 is 0. The highest BCUT2D eigenvalue weighted by Crippen LogP contribution is 2.51. The molecule has 2 bridgehead atoms. The minimum Gasteiger partial charge on any atom is -0.310 e. The molecule has 1 N–H and O–H groups in total. The van der Waals surface area contributed by atoms with Crippen LogP contribution in [0, 0.1) is 30.5 Å². The predicted octanol–water partition coefficient (Wildman–Crippen LogP) is 4.61. The maximum atomic E-state index is 13.3. The summed E-state index contributed by atoms with van der Waals surface area (Å²) in [6.45, 7) is 5.17. The molecule has 4 atom stereocenters. The Morgan fingerprint density at radius 3 is 2.75 bits per heavy atom. The van der Waals surface area contributed by atoms with Crippen molar-refractivity contribution in [1.29, 1.82) is 0 Å². The van der Waals surface area contributed by atoms with E-state index in [1.54, 1.807) is 12.1 Å². The average molecular weight is 275 g/mol. The van der Waals surface area contributed by atoms with Crippen LogP contribution in [-0.2, 0) is 0 Å². The lowest BCUT2D eigenvalue weighted by Gasteiger charge is -2.28. The quantitative estimate of drug-likeness (QED) is 0.827. The van der Waals surface area contributed by atoms with Gasteiger partial charge in [-0.15, -0.1) is 0 Å². The van der Waals surface area contributed by atoms with Crippen molar-refractivity contribution >= 4 is 0 Å². The van der Waals surface area contributed by atoms with E-state index in [2.05, 4.69) is 12.2 Å². The van der Waals surface area contributed by atoms with Crippen LogP contribution < -0.4 is 5.32 Å². The van der Waals surface area contributed by atoms with Crippen LogP contribution in [0.25, 0.3) is 0 Å². The first-order valence-electron chi connectivity index (χ1n) is 8.16.